The zero-order valence-electron chi connectivity index (χ0n) is 6.65. The van der Waals surface area contributed by atoms with Crippen molar-refractivity contribution < 1.29 is 14.6 Å². The van der Waals surface area contributed by atoms with Gasteiger partial charge in [-0.3, -0.25) is 4.79 Å². The Morgan fingerprint density at radius 2 is 2.17 bits per heavy atom. The molecule has 1 aromatic carbocycles. The summed E-state index contributed by atoms with van der Waals surface area (Å²) in [4.78, 5) is 10.1. The number of para-hydroxylation sites is 1. The van der Waals surface area contributed by atoms with E-state index in [1.807, 2.05) is 0 Å². The third-order valence-electron chi connectivity index (χ3n) is 1.55. The molecule has 3 heteroatoms. The minimum Gasteiger partial charge on any atom is -0.496 e. The number of aliphatic hydroxyl groups excluding tert-OH is 1. The molecule has 1 unspecified atom stereocenters. The molecule has 0 heterocycles. The zero-order chi connectivity index (χ0) is 8.97. The molecule has 1 aromatic rings. The first-order valence-corrected chi connectivity index (χ1v) is 3.48. The van der Waals surface area contributed by atoms with E-state index >= 15 is 0 Å². The lowest BCUT2D eigenvalue weighted by Gasteiger charge is -2.07. The summed E-state index contributed by atoms with van der Waals surface area (Å²) >= 11 is 0. The van der Waals surface area contributed by atoms with Crippen molar-refractivity contribution in [2.75, 3.05) is 7.11 Å². The highest BCUT2D eigenvalue weighted by Gasteiger charge is 2.11. The fraction of sp³-hybridized carbons (Fsp3) is 0.222. The molecule has 0 aliphatic carbocycles. The van der Waals surface area contributed by atoms with Gasteiger partial charge in [-0.1, -0.05) is 18.2 Å². The Bertz CT molecular complexity index is 270. The molecular formula is C9H9O3. The van der Waals surface area contributed by atoms with E-state index in [1.165, 1.54) is 13.4 Å². The monoisotopic (exact) mass is 165 g/mol. The van der Waals surface area contributed by atoms with Crippen molar-refractivity contribution in [2.45, 2.75) is 6.10 Å². The van der Waals surface area contributed by atoms with Crippen molar-refractivity contribution in [3.05, 3.63) is 29.8 Å². The third-order valence-corrected chi connectivity index (χ3v) is 1.55. The quantitative estimate of drug-likeness (QED) is 0.721. The van der Waals surface area contributed by atoms with Crippen molar-refractivity contribution in [3.8, 4) is 5.75 Å². The third kappa shape index (κ3) is 1.62. The van der Waals surface area contributed by atoms with Gasteiger partial charge in [0, 0.05) is 5.56 Å². The maximum absolute atomic E-state index is 10.1. The second kappa shape index (κ2) is 3.88. The second-order valence-corrected chi connectivity index (χ2v) is 2.26. The lowest BCUT2D eigenvalue weighted by Crippen LogP contribution is -2.00. The molecule has 0 bridgehead atoms. The van der Waals surface area contributed by atoms with Crippen molar-refractivity contribution in [3.63, 3.8) is 0 Å². The number of methoxy groups -OCH3 is 1. The predicted octanol–water partition coefficient (Wildman–Crippen LogP) is 0.838. The van der Waals surface area contributed by atoms with Gasteiger partial charge in [0.2, 0.25) is 6.29 Å². The Labute approximate surface area is 70.6 Å². The maximum atomic E-state index is 10.1. The Morgan fingerprint density at radius 3 is 2.75 bits per heavy atom. The molecule has 0 fully saturated rings. The van der Waals surface area contributed by atoms with Crippen LogP contribution in [0.5, 0.6) is 5.75 Å². The molecule has 0 aromatic heterocycles. The minimum absolute atomic E-state index is 0.440. The number of hydrogen-bond donors (Lipinski definition) is 1. The highest BCUT2D eigenvalue weighted by Crippen LogP contribution is 2.22. The van der Waals surface area contributed by atoms with Crippen LogP contribution >= 0.6 is 0 Å². The molecule has 1 atom stereocenters. The molecule has 0 aliphatic rings. The molecule has 0 amide bonds. The predicted molar refractivity (Wildman–Crippen MR) is 43.6 cm³/mol. The lowest BCUT2D eigenvalue weighted by atomic mass is 10.1. The smallest absolute Gasteiger partial charge is 0.234 e. The fourth-order valence-corrected chi connectivity index (χ4v) is 0.956. The maximum Gasteiger partial charge on any atom is 0.234 e. The van der Waals surface area contributed by atoms with Crippen LogP contribution in [0.25, 0.3) is 0 Å². The SMILES string of the molecule is COc1ccccc1C(O)[C]=O. The minimum atomic E-state index is -1.22. The Morgan fingerprint density at radius 1 is 1.50 bits per heavy atom. The van der Waals surface area contributed by atoms with E-state index in [0.29, 0.717) is 11.3 Å². The molecule has 12 heavy (non-hydrogen) atoms. The van der Waals surface area contributed by atoms with Crippen LogP contribution in [0.2, 0.25) is 0 Å². The van der Waals surface area contributed by atoms with Crippen LogP contribution < -0.4 is 4.74 Å². The van der Waals surface area contributed by atoms with Gasteiger partial charge in [0.05, 0.1) is 7.11 Å². The van der Waals surface area contributed by atoms with Crippen molar-refractivity contribution in [1.82, 2.24) is 0 Å². The lowest BCUT2D eigenvalue weighted by molar-refractivity contribution is 0.234. The molecule has 0 spiro atoms. The summed E-state index contributed by atoms with van der Waals surface area (Å²) in [5.74, 6) is 0.494. The van der Waals surface area contributed by atoms with Gasteiger partial charge in [0.1, 0.15) is 11.9 Å². The number of hydrogen-bond acceptors (Lipinski definition) is 3. The molecule has 1 rings (SSSR count). The van der Waals surface area contributed by atoms with Gasteiger partial charge < -0.3 is 9.84 Å². The molecule has 0 saturated carbocycles. The van der Waals surface area contributed by atoms with Crippen molar-refractivity contribution in [1.29, 1.82) is 0 Å². The average molecular weight is 165 g/mol. The summed E-state index contributed by atoms with van der Waals surface area (Å²) in [5.41, 5.74) is 0.440. The number of benzene rings is 1. The van der Waals surface area contributed by atoms with Gasteiger partial charge in [-0.05, 0) is 6.07 Å². The number of ether oxygens (including phenoxy) is 1. The standard InChI is InChI=1S/C9H9O3/c1-12-9-5-3-2-4-7(9)8(11)6-10/h2-5,8,11H,1H3. The Balaban J connectivity index is 3.04. The normalized spacial score (nSPS) is 12.2. The first-order chi connectivity index (χ1) is 5.79. The largest absolute Gasteiger partial charge is 0.496 e. The van der Waals surface area contributed by atoms with Crippen LogP contribution in [-0.4, -0.2) is 18.5 Å². The van der Waals surface area contributed by atoms with E-state index in [4.69, 9.17) is 9.84 Å². The van der Waals surface area contributed by atoms with Crippen LogP contribution in [0.3, 0.4) is 0 Å². The highest BCUT2D eigenvalue weighted by atomic mass is 16.5. The Hall–Kier alpha value is -1.35. The van der Waals surface area contributed by atoms with Gasteiger partial charge in [-0.25, -0.2) is 0 Å². The molecule has 1 radical (unpaired) electrons. The van der Waals surface area contributed by atoms with Crippen LogP contribution in [0.15, 0.2) is 24.3 Å². The highest BCUT2D eigenvalue weighted by molar-refractivity contribution is 5.62. The molecule has 1 N–H and O–H groups in total. The van der Waals surface area contributed by atoms with Crippen molar-refractivity contribution >= 4 is 6.29 Å². The molecule has 63 valence electrons. The number of rotatable bonds is 3. The topological polar surface area (TPSA) is 46.5 Å². The number of aliphatic hydroxyl groups is 1. The van der Waals surface area contributed by atoms with E-state index in [1.54, 1.807) is 24.3 Å². The summed E-state index contributed by atoms with van der Waals surface area (Å²) < 4.78 is 4.93. The summed E-state index contributed by atoms with van der Waals surface area (Å²) in [6, 6.07) is 6.78. The summed E-state index contributed by atoms with van der Waals surface area (Å²) in [5, 5.41) is 9.14. The van der Waals surface area contributed by atoms with Gasteiger partial charge >= 0.3 is 0 Å². The van der Waals surface area contributed by atoms with Gasteiger partial charge in [-0.15, -0.1) is 0 Å². The van der Waals surface area contributed by atoms with Crippen LogP contribution in [0.4, 0.5) is 0 Å². The van der Waals surface area contributed by atoms with E-state index < -0.39 is 6.10 Å². The molecule has 3 nitrogen and oxygen atoms in total. The van der Waals surface area contributed by atoms with E-state index in [-0.39, 0.29) is 0 Å². The molecular weight excluding hydrogens is 156 g/mol. The number of carbonyl (C=O) groups excluding carboxylic acids is 1. The summed E-state index contributed by atoms with van der Waals surface area (Å²) in [6.07, 6.45) is 0.260. The van der Waals surface area contributed by atoms with Gasteiger partial charge in [-0.2, -0.15) is 0 Å². The fourth-order valence-electron chi connectivity index (χ4n) is 0.956. The van der Waals surface area contributed by atoms with Crippen LogP contribution in [0.1, 0.15) is 11.7 Å². The van der Waals surface area contributed by atoms with Crippen LogP contribution in [0, 0.1) is 0 Å². The van der Waals surface area contributed by atoms with Crippen LogP contribution in [-0.2, 0) is 4.79 Å². The average Bonchev–Trinajstić information content (AvgIpc) is 2.16. The molecule has 0 saturated heterocycles. The van der Waals surface area contributed by atoms with Gasteiger partial charge in [0.15, 0.2) is 0 Å². The van der Waals surface area contributed by atoms with Crippen molar-refractivity contribution in [2.24, 2.45) is 0 Å². The first kappa shape index (κ1) is 8.74. The van der Waals surface area contributed by atoms with Gasteiger partial charge in [0.25, 0.3) is 0 Å². The zero-order valence-corrected chi connectivity index (χ0v) is 6.65. The van der Waals surface area contributed by atoms with E-state index in [2.05, 4.69) is 0 Å². The van der Waals surface area contributed by atoms with E-state index in [0.717, 1.165) is 0 Å². The summed E-state index contributed by atoms with van der Waals surface area (Å²) in [6.45, 7) is 0. The molecule has 0 aliphatic heterocycles. The summed E-state index contributed by atoms with van der Waals surface area (Å²) in [7, 11) is 1.48. The Kier molecular flexibility index (Phi) is 2.82. The second-order valence-electron chi connectivity index (χ2n) is 2.26. The van der Waals surface area contributed by atoms with E-state index in [9.17, 15) is 4.79 Å². The first-order valence-electron chi connectivity index (χ1n) is 3.48.